The fourth-order valence-corrected chi connectivity index (χ4v) is 3.38. The molecule has 3 amide bonds. The first kappa shape index (κ1) is 29.7. The standard InChI is InChI=1S/C23H30N6O9/c1-11(30)19(29-20(34)15(24)6-12-2-4-14(31)5-3-12)22(36)27-16(7-13-9-25-10-26-13)21(35)28-17(23(37)38)8-18(32)33/h2-5,9-11,15-17,19,30-31H,6-8,24H2,1H3,(H,25,26)(H,27,36)(H,28,35)(H,29,34)(H,32,33)(H,37,38). The smallest absolute Gasteiger partial charge is 0.326 e. The number of carbonyl (C=O) groups excluding carboxylic acids is 3. The van der Waals surface area contributed by atoms with Crippen LogP contribution in [0.3, 0.4) is 0 Å². The molecule has 5 atom stereocenters. The number of aromatic amines is 1. The first-order valence-electron chi connectivity index (χ1n) is 11.4. The zero-order valence-corrected chi connectivity index (χ0v) is 20.3. The lowest BCUT2D eigenvalue weighted by molar-refractivity contribution is -0.147. The zero-order valence-electron chi connectivity index (χ0n) is 20.3. The summed E-state index contributed by atoms with van der Waals surface area (Å²) in [5, 5.41) is 44.4. The van der Waals surface area contributed by atoms with Gasteiger partial charge >= 0.3 is 11.9 Å². The van der Waals surface area contributed by atoms with Gasteiger partial charge in [0.25, 0.3) is 0 Å². The lowest BCUT2D eigenvalue weighted by atomic mass is 10.0. The molecule has 0 aliphatic rings. The van der Waals surface area contributed by atoms with Gasteiger partial charge in [-0.2, -0.15) is 0 Å². The fraction of sp³-hybridized carbons (Fsp3) is 0.391. The molecule has 15 nitrogen and oxygen atoms in total. The van der Waals surface area contributed by atoms with Crippen LogP contribution in [0.4, 0.5) is 0 Å². The molecule has 1 aromatic carbocycles. The van der Waals surface area contributed by atoms with Gasteiger partial charge in [0.05, 0.1) is 24.9 Å². The third-order valence-electron chi connectivity index (χ3n) is 5.40. The molecule has 0 saturated heterocycles. The van der Waals surface area contributed by atoms with Crippen molar-refractivity contribution in [3.63, 3.8) is 0 Å². The van der Waals surface area contributed by atoms with E-state index in [1.54, 1.807) is 12.1 Å². The number of benzene rings is 1. The number of phenols is 1. The average molecular weight is 535 g/mol. The van der Waals surface area contributed by atoms with Crippen molar-refractivity contribution in [2.24, 2.45) is 5.73 Å². The van der Waals surface area contributed by atoms with E-state index >= 15 is 0 Å². The van der Waals surface area contributed by atoms with E-state index in [9.17, 15) is 39.3 Å². The molecule has 0 aliphatic carbocycles. The van der Waals surface area contributed by atoms with Gasteiger partial charge in [-0.15, -0.1) is 0 Å². The maximum Gasteiger partial charge on any atom is 0.326 e. The van der Waals surface area contributed by atoms with Crippen LogP contribution in [0.2, 0.25) is 0 Å². The highest BCUT2D eigenvalue weighted by Gasteiger charge is 2.33. The summed E-state index contributed by atoms with van der Waals surface area (Å²) in [7, 11) is 0. The van der Waals surface area contributed by atoms with Gasteiger partial charge in [0.15, 0.2) is 0 Å². The fourth-order valence-electron chi connectivity index (χ4n) is 3.38. The molecule has 0 bridgehead atoms. The van der Waals surface area contributed by atoms with E-state index < -0.39 is 66.4 Å². The lowest BCUT2D eigenvalue weighted by Crippen LogP contribution is -2.60. The summed E-state index contributed by atoms with van der Waals surface area (Å²) < 4.78 is 0. The number of aromatic nitrogens is 2. The number of aromatic hydroxyl groups is 1. The molecule has 0 spiro atoms. The van der Waals surface area contributed by atoms with Crippen molar-refractivity contribution >= 4 is 29.7 Å². The molecular weight excluding hydrogens is 504 g/mol. The second-order valence-corrected chi connectivity index (χ2v) is 8.54. The largest absolute Gasteiger partial charge is 0.508 e. The van der Waals surface area contributed by atoms with Crippen molar-refractivity contribution in [2.75, 3.05) is 0 Å². The molecule has 0 aliphatic heterocycles. The second-order valence-electron chi connectivity index (χ2n) is 8.54. The van der Waals surface area contributed by atoms with Gasteiger partial charge in [0, 0.05) is 18.3 Å². The summed E-state index contributed by atoms with van der Waals surface area (Å²) in [6, 6.07) is 0.104. The minimum atomic E-state index is -1.77. The van der Waals surface area contributed by atoms with Gasteiger partial charge in [-0.25, -0.2) is 9.78 Å². The Kier molecular flexibility index (Phi) is 10.7. The number of imidazole rings is 1. The third-order valence-corrected chi connectivity index (χ3v) is 5.40. The quantitative estimate of drug-likeness (QED) is 0.124. The number of carboxylic acid groups (broad SMARTS) is 2. The Bertz CT molecular complexity index is 1120. The Hall–Kier alpha value is -4.50. The Morgan fingerprint density at radius 1 is 0.947 bits per heavy atom. The van der Waals surface area contributed by atoms with E-state index in [2.05, 4.69) is 25.9 Å². The summed E-state index contributed by atoms with van der Waals surface area (Å²) in [4.78, 5) is 67.4. The van der Waals surface area contributed by atoms with Crippen LogP contribution in [0.25, 0.3) is 0 Å². The van der Waals surface area contributed by atoms with E-state index in [0.717, 1.165) is 0 Å². The molecule has 10 N–H and O–H groups in total. The highest BCUT2D eigenvalue weighted by molar-refractivity contribution is 5.95. The number of rotatable bonds is 14. The molecule has 206 valence electrons. The molecule has 0 radical (unpaired) electrons. The number of H-pyrrole nitrogens is 1. The number of aliphatic carboxylic acids is 2. The summed E-state index contributed by atoms with van der Waals surface area (Å²) >= 11 is 0. The average Bonchev–Trinajstić information content (AvgIpc) is 3.35. The van der Waals surface area contributed by atoms with Gasteiger partial charge in [0.1, 0.15) is 23.9 Å². The maximum atomic E-state index is 13.0. The molecule has 1 heterocycles. The number of hydrogen-bond donors (Lipinski definition) is 9. The summed E-state index contributed by atoms with van der Waals surface area (Å²) in [5.74, 6) is -5.79. The van der Waals surface area contributed by atoms with E-state index in [-0.39, 0.29) is 18.6 Å². The number of nitrogens with two attached hydrogens (primary N) is 1. The topological polar surface area (TPSA) is 257 Å². The SMILES string of the molecule is CC(O)C(NC(=O)C(N)Cc1ccc(O)cc1)C(=O)NC(Cc1cnc[nH]1)C(=O)NC(CC(=O)O)C(=O)O. The van der Waals surface area contributed by atoms with Crippen LogP contribution in [-0.4, -0.2) is 90.3 Å². The van der Waals surface area contributed by atoms with Crippen LogP contribution in [0.15, 0.2) is 36.8 Å². The minimum Gasteiger partial charge on any atom is -0.508 e. The van der Waals surface area contributed by atoms with Crippen molar-refractivity contribution in [1.29, 1.82) is 0 Å². The predicted molar refractivity (Wildman–Crippen MR) is 129 cm³/mol. The first-order chi connectivity index (χ1) is 17.9. The minimum absolute atomic E-state index is 0.0315. The molecule has 0 fully saturated rings. The summed E-state index contributed by atoms with van der Waals surface area (Å²) in [5.41, 5.74) is 6.94. The van der Waals surface area contributed by atoms with Crippen molar-refractivity contribution in [3.05, 3.63) is 48.0 Å². The number of hydrogen-bond acceptors (Lipinski definition) is 9. The van der Waals surface area contributed by atoms with Crippen molar-refractivity contribution in [3.8, 4) is 5.75 Å². The maximum absolute atomic E-state index is 13.0. The normalized spacial score (nSPS) is 14.8. The number of nitrogens with one attached hydrogen (secondary N) is 4. The van der Waals surface area contributed by atoms with Gasteiger partial charge < -0.3 is 47.1 Å². The van der Waals surface area contributed by atoms with Gasteiger partial charge in [0.2, 0.25) is 17.7 Å². The second kappa shape index (κ2) is 13.7. The van der Waals surface area contributed by atoms with Crippen molar-refractivity contribution < 1.29 is 44.4 Å². The molecular formula is C23H30N6O9. The third kappa shape index (κ3) is 9.18. The molecule has 5 unspecified atom stereocenters. The number of phenolic OH excluding ortho intramolecular Hbond substituents is 1. The Labute approximate surface area is 216 Å². The molecule has 38 heavy (non-hydrogen) atoms. The van der Waals surface area contributed by atoms with Crippen LogP contribution in [0.5, 0.6) is 5.75 Å². The van der Waals surface area contributed by atoms with E-state index in [0.29, 0.717) is 11.3 Å². The number of carboxylic acids is 2. The van der Waals surface area contributed by atoms with Crippen LogP contribution < -0.4 is 21.7 Å². The number of nitrogens with zero attached hydrogens (tertiary/aromatic N) is 1. The highest BCUT2D eigenvalue weighted by Crippen LogP contribution is 2.11. The lowest BCUT2D eigenvalue weighted by Gasteiger charge is -2.26. The van der Waals surface area contributed by atoms with Gasteiger partial charge in [-0.1, -0.05) is 12.1 Å². The van der Waals surface area contributed by atoms with E-state index in [1.165, 1.54) is 31.6 Å². The number of aliphatic hydroxyl groups excluding tert-OH is 1. The van der Waals surface area contributed by atoms with Crippen molar-refractivity contribution in [1.82, 2.24) is 25.9 Å². The van der Waals surface area contributed by atoms with Crippen LogP contribution >= 0.6 is 0 Å². The van der Waals surface area contributed by atoms with E-state index in [1.807, 2.05) is 0 Å². The molecule has 2 rings (SSSR count). The van der Waals surface area contributed by atoms with Gasteiger partial charge in [-0.05, 0) is 31.0 Å². The van der Waals surface area contributed by atoms with Gasteiger partial charge in [-0.3, -0.25) is 19.2 Å². The van der Waals surface area contributed by atoms with Crippen molar-refractivity contribution in [2.45, 2.75) is 56.5 Å². The Balaban J connectivity index is 2.14. The number of aliphatic hydroxyl groups is 1. The molecule has 1 aromatic heterocycles. The summed E-state index contributed by atoms with van der Waals surface area (Å²) in [6.45, 7) is 1.23. The van der Waals surface area contributed by atoms with Crippen LogP contribution in [0, 0.1) is 0 Å². The molecule has 15 heteroatoms. The van der Waals surface area contributed by atoms with Crippen LogP contribution in [-0.2, 0) is 36.8 Å². The zero-order chi connectivity index (χ0) is 28.4. The Morgan fingerprint density at radius 3 is 2.11 bits per heavy atom. The van der Waals surface area contributed by atoms with E-state index in [4.69, 9.17) is 10.8 Å². The van der Waals surface area contributed by atoms with Crippen LogP contribution in [0.1, 0.15) is 24.6 Å². The highest BCUT2D eigenvalue weighted by atomic mass is 16.4. The number of amides is 3. The monoisotopic (exact) mass is 534 g/mol. The predicted octanol–water partition coefficient (Wildman–Crippen LogP) is -2.38. The first-order valence-corrected chi connectivity index (χ1v) is 11.4. The molecule has 2 aromatic rings. The Morgan fingerprint density at radius 2 is 1.58 bits per heavy atom. The molecule has 0 saturated carbocycles. The summed E-state index contributed by atoms with van der Waals surface area (Å²) in [6.07, 6.45) is 0.203. The number of carbonyl (C=O) groups is 5.